The average Bonchev–Trinajstić information content (AvgIpc) is 3.41. The lowest BCUT2D eigenvalue weighted by atomic mass is 10.2. The second kappa shape index (κ2) is 12.2. The number of aliphatic imine (C=N–C) groups is 1. The van der Waals surface area contributed by atoms with E-state index in [9.17, 15) is 0 Å². The summed E-state index contributed by atoms with van der Waals surface area (Å²) in [6, 6.07) is 8.16. The molecule has 0 bridgehead atoms. The van der Waals surface area contributed by atoms with Crippen LogP contribution in [0.1, 0.15) is 41.1 Å². The van der Waals surface area contributed by atoms with Crippen LogP contribution in [-0.4, -0.2) is 24.0 Å². The predicted octanol–water partition coefficient (Wildman–Crippen LogP) is 5.06. The van der Waals surface area contributed by atoms with E-state index < -0.39 is 0 Å². The van der Waals surface area contributed by atoms with Gasteiger partial charge in [-0.1, -0.05) is 19.9 Å². The molecule has 0 spiro atoms. The number of thiazole rings is 1. The van der Waals surface area contributed by atoms with Crippen molar-refractivity contribution in [1.82, 2.24) is 15.6 Å². The lowest BCUT2D eigenvalue weighted by Crippen LogP contribution is -2.39. The fourth-order valence-corrected chi connectivity index (χ4v) is 4.09. The highest BCUT2D eigenvalue weighted by molar-refractivity contribution is 14.0. The van der Waals surface area contributed by atoms with E-state index in [1.807, 2.05) is 12.1 Å². The van der Waals surface area contributed by atoms with E-state index in [0.29, 0.717) is 12.5 Å². The standard InChI is InChI=1S/C20H26N4OS2.HI/c1-15(2)18-14-27-19(24-18)13-23-20(21-9-7-16-5-3-11-25-16)22-10-8-17-6-4-12-26-17;/h3-6,11-12,14-15H,7-10,13H2,1-2H3,(H2,21,22,23);1H. The van der Waals surface area contributed by atoms with Gasteiger partial charge in [0.05, 0.1) is 18.5 Å². The van der Waals surface area contributed by atoms with Gasteiger partial charge in [0.25, 0.3) is 0 Å². The quantitative estimate of drug-likeness (QED) is 0.231. The Morgan fingerprint density at radius 3 is 2.61 bits per heavy atom. The van der Waals surface area contributed by atoms with Crippen molar-refractivity contribution < 1.29 is 4.42 Å². The zero-order chi connectivity index (χ0) is 18.9. The maximum atomic E-state index is 5.39. The van der Waals surface area contributed by atoms with E-state index in [4.69, 9.17) is 9.41 Å². The average molecular weight is 531 g/mol. The van der Waals surface area contributed by atoms with Crippen molar-refractivity contribution >= 4 is 52.6 Å². The second-order valence-corrected chi connectivity index (χ2v) is 8.47. The third-order valence-corrected chi connectivity index (χ3v) is 5.81. The second-order valence-electron chi connectivity index (χ2n) is 6.50. The largest absolute Gasteiger partial charge is 0.469 e. The van der Waals surface area contributed by atoms with Gasteiger partial charge in [0.15, 0.2) is 5.96 Å². The first-order valence-corrected chi connectivity index (χ1v) is 11.0. The molecule has 3 aromatic rings. The van der Waals surface area contributed by atoms with Crippen LogP contribution in [0.4, 0.5) is 0 Å². The fraction of sp³-hybridized carbons (Fsp3) is 0.400. The Morgan fingerprint density at radius 1 is 1.14 bits per heavy atom. The third-order valence-electron chi connectivity index (χ3n) is 4.02. The fourth-order valence-electron chi connectivity index (χ4n) is 2.50. The number of hydrogen-bond donors (Lipinski definition) is 2. The summed E-state index contributed by atoms with van der Waals surface area (Å²) in [6.45, 7) is 6.54. The van der Waals surface area contributed by atoms with Gasteiger partial charge in [0.2, 0.25) is 0 Å². The molecule has 0 aliphatic carbocycles. The molecule has 0 saturated heterocycles. The lowest BCUT2D eigenvalue weighted by Gasteiger charge is -2.11. The zero-order valence-corrected chi connectivity index (χ0v) is 20.1. The Labute approximate surface area is 191 Å². The summed E-state index contributed by atoms with van der Waals surface area (Å²) < 4.78 is 5.39. The van der Waals surface area contributed by atoms with E-state index >= 15 is 0 Å². The SMILES string of the molecule is CC(C)c1csc(CN=C(NCCc2ccco2)NCCc2cccs2)n1.I. The van der Waals surface area contributed by atoms with Gasteiger partial charge in [-0.2, -0.15) is 0 Å². The summed E-state index contributed by atoms with van der Waals surface area (Å²) in [5, 5.41) is 12.1. The van der Waals surface area contributed by atoms with Crippen molar-refractivity contribution in [2.24, 2.45) is 4.99 Å². The molecular formula is C20H27IN4OS2. The van der Waals surface area contributed by atoms with E-state index in [0.717, 1.165) is 48.4 Å². The van der Waals surface area contributed by atoms with Crippen molar-refractivity contribution in [3.8, 4) is 0 Å². The predicted molar refractivity (Wildman–Crippen MR) is 129 cm³/mol. The Hall–Kier alpha value is -1.39. The Bertz CT molecular complexity index is 771. The van der Waals surface area contributed by atoms with Crippen LogP contribution < -0.4 is 10.6 Å². The molecule has 0 saturated carbocycles. The van der Waals surface area contributed by atoms with Crippen molar-refractivity contribution in [2.45, 2.75) is 39.2 Å². The van der Waals surface area contributed by atoms with Crippen LogP contribution in [-0.2, 0) is 19.4 Å². The topological polar surface area (TPSA) is 62.5 Å². The maximum Gasteiger partial charge on any atom is 0.191 e. The number of aromatic nitrogens is 1. The highest BCUT2D eigenvalue weighted by atomic mass is 127. The molecule has 0 atom stereocenters. The first-order chi connectivity index (χ1) is 13.2. The van der Waals surface area contributed by atoms with Crippen LogP contribution in [0, 0.1) is 0 Å². The Morgan fingerprint density at radius 2 is 1.96 bits per heavy atom. The number of thiophene rings is 1. The smallest absolute Gasteiger partial charge is 0.191 e. The van der Waals surface area contributed by atoms with Gasteiger partial charge in [-0.05, 0) is 35.9 Å². The molecule has 8 heteroatoms. The number of hydrogen-bond acceptors (Lipinski definition) is 5. The van der Waals surface area contributed by atoms with Crippen molar-refractivity contribution in [2.75, 3.05) is 13.1 Å². The Kier molecular flexibility index (Phi) is 10.0. The van der Waals surface area contributed by atoms with Gasteiger partial charge in [-0.3, -0.25) is 0 Å². The molecule has 0 aromatic carbocycles. The molecule has 3 rings (SSSR count). The van der Waals surface area contributed by atoms with E-state index in [1.165, 1.54) is 4.88 Å². The summed E-state index contributed by atoms with van der Waals surface area (Å²) in [4.78, 5) is 10.8. The molecule has 28 heavy (non-hydrogen) atoms. The summed E-state index contributed by atoms with van der Waals surface area (Å²) in [6.07, 6.45) is 3.52. The highest BCUT2D eigenvalue weighted by Gasteiger charge is 2.06. The van der Waals surface area contributed by atoms with Gasteiger partial charge in [-0.25, -0.2) is 9.98 Å². The summed E-state index contributed by atoms with van der Waals surface area (Å²) in [5.41, 5.74) is 1.14. The van der Waals surface area contributed by atoms with Crippen LogP contribution >= 0.6 is 46.7 Å². The summed E-state index contributed by atoms with van der Waals surface area (Å²) >= 11 is 3.46. The van der Waals surface area contributed by atoms with Crippen molar-refractivity contribution in [1.29, 1.82) is 0 Å². The minimum atomic E-state index is 0. The number of guanidine groups is 1. The van der Waals surface area contributed by atoms with Crippen LogP contribution in [0.15, 0.2) is 50.7 Å². The number of furan rings is 1. The molecule has 0 amide bonds. The molecule has 0 aliphatic heterocycles. The molecule has 152 valence electrons. The van der Waals surface area contributed by atoms with Crippen molar-refractivity contribution in [3.63, 3.8) is 0 Å². The number of rotatable bonds is 9. The van der Waals surface area contributed by atoms with E-state index in [-0.39, 0.29) is 24.0 Å². The molecule has 0 fully saturated rings. The van der Waals surface area contributed by atoms with Gasteiger partial charge in [0.1, 0.15) is 10.8 Å². The van der Waals surface area contributed by atoms with Gasteiger partial charge < -0.3 is 15.1 Å². The van der Waals surface area contributed by atoms with Crippen LogP contribution in [0.2, 0.25) is 0 Å². The van der Waals surface area contributed by atoms with Crippen molar-refractivity contribution in [3.05, 3.63) is 62.6 Å². The molecule has 3 aromatic heterocycles. The zero-order valence-electron chi connectivity index (χ0n) is 16.2. The summed E-state index contributed by atoms with van der Waals surface area (Å²) in [7, 11) is 0. The normalized spacial score (nSPS) is 11.5. The highest BCUT2D eigenvalue weighted by Crippen LogP contribution is 2.18. The van der Waals surface area contributed by atoms with E-state index in [2.05, 4.69) is 52.4 Å². The number of halogens is 1. The molecule has 0 unspecified atom stereocenters. The molecule has 3 heterocycles. The first-order valence-electron chi connectivity index (χ1n) is 9.22. The Balaban J connectivity index is 0.00000280. The minimum absolute atomic E-state index is 0. The van der Waals surface area contributed by atoms with Crippen LogP contribution in [0.25, 0.3) is 0 Å². The monoisotopic (exact) mass is 530 g/mol. The van der Waals surface area contributed by atoms with Gasteiger partial charge in [-0.15, -0.1) is 46.7 Å². The molecule has 5 nitrogen and oxygen atoms in total. The number of nitrogens with one attached hydrogen (secondary N) is 2. The molecule has 0 radical (unpaired) electrons. The maximum absolute atomic E-state index is 5.39. The summed E-state index contributed by atoms with van der Waals surface area (Å²) in [5.74, 6) is 2.25. The first kappa shape index (κ1) is 22.9. The van der Waals surface area contributed by atoms with Crippen LogP contribution in [0.5, 0.6) is 0 Å². The van der Waals surface area contributed by atoms with Gasteiger partial charge in [0, 0.05) is 29.8 Å². The van der Waals surface area contributed by atoms with E-state index in [1.54, 1.807) is 28.9 Å². The third kappa shape index (κ3) is 7.56. The molecule has 0 aliphatic rings. The molecular weight excluding hydrogens is 503 g/mol. The lowest BCUT2D eigenvalue weighted by molar-refractivity contribution is 0.506. The number of nitrogens with zero attached hydrogens (tertiary/aromatic N) is 2. The minimum Gasteiger partial charge on any atom is -0.469 e. The molecule has 2 N–H and O–H groups in total. The van der Waals surface area contributed by atoms with Gasteiger partial charge >= 0.3 is 0 Å². The van der Waals surface area contributed by atoms with Crippen LogP contribution in [0.3, 0.4) is 0 Å².